The Morgan fingerprint density at radius 3 is 2.52 bits per heavy atom. The Hall–Kier alpha value is -3.48. The summed E-state index contributed by atoms with van der Waals surface area (Å²) >= 11 is 0. The minimum Gasteiger partial charge on any atom is -0.491 e. The summed E-state index contributed by atoms with van der Waals surface area (Å²) in [5, 5.41) is 14.0. The van der Waals surface area contributed by atoms with Crippen molar-refractivity contribution in [3.05, 3.63) is 72.2 Å². The molecule has 0 radical (unpaired) electrons. The Morgan fingerprint density at radius 1 is 1.07 bits per heavy atom. The van der Waals surface area contributed by atoms with Gasteiger partial charge < -0.3 is 15.4 Å². The summed E-state index contributed by atoms with van der Waals surface area (Å²) in [6.45, 7) is 4.35. The highest BCUT2D eigenvalue weighted by Crippen LogP contribution is 2.19. The molecule has 2 heterocycles. The molecule has 0 atom stereocenters. The lowest BCUT2D eigenvalue weighted by atomic mass is 10.2. The highest BCUT2D eigenvalue weighted by Gasteiger charge is 2.08. The molecule has 0 fully saturated rings. The summed E-state index contributed by atoms with van der Waals surface area (Å²) in [4.78, 5) is 16.2. The van der Waals surface area contributed by atoms with Gasteiger partial charge in [0.25, 0.3) is 5.91 Å². The van der Waals surface area contributed by atoms with Crippen molar-refractivity contribution in [1.82, 2.24) is 20.5 Å². The van der Waals surface area contributed by atoms with Crippen LogP contribution in [0.5, 0.6) is 5.75 Å². The van der Waals surface area contributed by atoms with E-state index in [-0.39, 0.29) is 17.7 Å². The number of carbonyl (C=O) groups is 1. The highest BCUT2D eigenvalue weighted by molar-refractivity contribution is 5.92. The van der Waals surface area contributed by atoms with Gasteiger partial charge >= 0.3 is 0 Å². The predicted octanol–water partition coefficient (Wildman–Crippen LogP) is 3.33. The van der Waals surface area contributed by atoms with Gasteiger partial charge in [0.1, 0.15) is 5.75 Å². The molecule has 2 aromatic heterocycles. The van der Waals surface area contributed by atoms with Crippen LogP contribution in [0.2, 0.25) is 0 Å². The van der Waals surface area contributed by atoms with Gasteiger partial charge in [-0.15, -0.1) is 10.2 Å². The van der Waals surface area contributed by atoms with E-state index in [9.17, 15) is 4.79 Å². The number of hydrogen-bond acceptors (Lipinski definition) is 6. The first kappa shape index (κ1) is 18.3. The van der Waals surface area contributed by atoms with Crippen LogP contribution in [0, 0.1) is 0 Å². The summed E-state index contributed by atoms with van der Waals surface area (Å²) in [5.74, 6) is 1.08. The lowest BCUT2D eigenvalue weighted by Gasteiger charge is -2.10. The molecule has 1 aromatic carbocycles. The number of benzene rings is 1. The van der Waals surface area contributed by atoms with E-state index in [1.54, 1.807) is 24.5 Å². The van der Waals surface area contributed by atoms with Gasteiger partial charge in [0.05, 0.1) is 6.10 Å². The molecule has 0 saturated carbocycles. The third kappa shape index (κ3) is 5.50. The summed E-state index contributed by atoms with van der Waals surface area (Å²) in [6.07, 6.45) is 3.52. The topological polar surface area (TPSA) is 89.0 Å². The number of anilines is 2. The van der Waals surface area contributed by atoms with Crippen molar-refractivity contribution >= 4 is 17.4 Å². The standard InChI is InChI=1S/C20H21N5O2/c1-14(2)27-17-7-5-16(6-8-17)23-19-10-9-18(24-25-19)20(26)22-13-15-4-3-11-21-12-15/h3-12,14H,13H2,1-2H3,(H,22,26)(H,23,25). The summed E-state index contributed by atoms with van der Waals surface area (Å²) in [7, 11) is 0. The van der Waals surface area contributed by atoms with Crippen LogP contribution in [0.1, 0.15) is 29.9 Å². The van der Waals surface area contributed by atoms with Crippen LogP contribution in [0.4, 0.5) is 11.5 Å². The van der Waals surface area contributed by atoms with Crippen molar-refractivity contribution in [2.45, 2.75) is 26.5 Å². The van der Waals surface area contributed by atoms with Gasteiger partial charge in [-0.3, -0.25) is 9.78 Å². The van der Waals surface area contributed by atoms with Gasteiger partial charge in [-0.1, -0.05) is 6.07 Å². The Kier molecular flexibility index (Phi) is 5.94. The molecule has 3 aromatic rings. The van der Waals surface area contributed by atoms with Gasteiger partial charge in [-0.25, -0.2) is 0 Å². The van der Waals surface area contributed by atoms with E-state index in [0.29, 0.717) is 12.4 Å². The van der Waals surface area contributed by atoms with E-state index < -0.39 is 0 Å². The van der Waals surface area contributed by atoms with Crippen LogP contribution in [0.15, 0.2) is 60.9 Å². The van der Waals surface area contributed by atoms with Crippen LogP contribution in [-0.2, 0) is 6.54 Å². The number of ether oxygens (including phenoxy) is 1. The fraction of sp³-hybridized carbons (Fsp3) is 0.200. The zero-order chi connectivity index (χ0) is 19.1. The second-order valence-corrected chi connectivity index (χ2v) is 6.16. The average molecular weight is 363 g/mol. The Morgan fingerprint density at radius 2 is 1.89 bits per heavy atom. The summed E-state index contributed by atoms with van der Waals surface area (Å²) in [6, 6.07) is 14.6. The molecule has 27 heavy (non-hydrogen) atoms. The van der Waals surface area contributed by atoms with Gasteiger partial charge in [0, 0.05) is 24.6 Å². The number of nitrogens with zero attached hydrogens (tertiary/aromatic N) is 3. The van der Waals surface area contributed by atoms with E-state index in [0.717, 1.165) is 17.0 Å². The zero-order valence-electron chi connectivity index (χ0n) is 15.2. The molecular weight excluding hydrogens is 342 g/mol. The fourth-order valence-corrected chi connectivity index (χ4v) is 2.33. The summed E-state index contributed by atoms with van der Waals surface area (Å²) in [5.41, 5.74) is 2.03. The normalized spacial score (nSPS) is 10.5. The molecule has 0 saturated heterocycles. The lowest BCUT2D eigenvalue weighted by molar-refractivity contribution is 0.0945. The third-order valence-corrected chi connectivity index (χ3v) is 3.57. The van der Waals surface area contributed by atoms with Crippen molar-refractivity contribution < 1.29 is 9.53 Å². The number of amides is 1. The Balaban J connectivity index is 1.55. The third-order valence-electron chi connectivity index (χ3n) is 3.57. The van der Waals surface area contributed by atoms with E-state index in [4.69, 9.17) is 4.74 Å². The average Bonchev–Trinajstić information content (AvgIpc) is 2.69. The lowest BCUT2D eigenvalue weighted by Crippen LogP contribution is -2.24. The second-order valence-electron chi connectivity index (χ2n) is 6.16. The molecule has 7 heteroatoms. The Labute approximate surface area is 157 Å². The molecule has 7 nitrogen and oxygen atoms in total. The van der Waals surface area contributed by atoms with Gasteiger partial charge in [-0.2, -0.15) is 0 Å². The monoisotopic (exact) mass is 363 g/mol. The SMILES string of the molecule is CC(C)Oc1ccc(Nc2ccc(C(=O)NCc3cccnc3)nn2)cc1. The summed E-state index contributed by atoms with van der Waals surface area (Å²) < 4.78 is 5.61. The molecule has 1 amide bonds. The van der Waals surface area contributed by atoms with Crippen molar-refractivity contribution in [3.63, 3.8) is 0 Å². The molecule has 0 unspecified atom stereocenters. The minimum atomic E-state index is -0.284. The smallest absolute Gasteiger partial charge is 0.272 e. The fourth-order valence-electron chi connectivity index (χ4n) is 2.33. The molecule has 0 aliphatic heterocycles. The molecule has 3 rings (SSSR count). The highest BCUT2D eigenvalue weighted by atomic mass is 16.5. The van der Waals surface area contributed by atoms with Gasteiger partial charge in [0.15, 0.2) is 11.5 Å². The molecule has 0 aliphatic carbocycles. The van der Waals surface area contributed by atoms with Crippen LogP contribution in [-0.4, -0.2) is 27.2 Å². The maximum atomic E-state index is 12.1. The van der Waals surface area contributed by atoms with E-state index in [1.807, 2.05) is 50.2 Å². The predicted molar refractivity (Wildman–Crippen MR) is 103 cm³/mol. The van der Waals surface area contributed by atoms with Crippen molar-refractivity contribution in [2.24, 2.45) is 0 Å². The first-order chi connectivity index (χ1) is 13.1. The quantitative estimate of drug-likeness (QED) is 0.669. The van der Waals surface area contributed by atoms with E-state index in [2.05, 4.69) is 25.8 Å². The Bertz CT molecular complexity index is 865. The van der Waals surface area contributed by atoms with Gasteiger partial charge in [0.2, 0.25) is 0 Å². The number of rotatable bonds is 7. The molecule has 0 aliphatic rings. The van der Waals surface area contributed by atoms with Crippen LogP contribution in [0.25, 0.3) is 0 Å². The number of carbonyl (C=O) groups excluding carboxylic acids is 1. The second kappa shape index (κ2) is 8.75. The minimum absolute atomic E-state index is 0.131. The molecule has 2 N–H and O–H groups in total. The first-order valence-corrected chi connectivity index (χ1v) is 8.65. The van der Waals surface area contributed by atoms with Crippen LogP contribution in [0.3, 0.4) is 0 Å². The number of nitrogens with one attached hydrogen (secondary N) is 2. The zero-order valence-corrected chi connectivity index (χ0v) is 15.2. The molecule has 0 spiro atoms. The van der Waals surface area contributed by atoms with Crippen molar-refractivity contribution in [3.8, 4) is 5.75 Å². The molecule has 0 bridgehead atoms. The van der Waals surface area contributed by atoms with Gasteiger partial charge in [-0.05, 0) is 61.9 Å². The van der Waals surface area contributed by atoms with E-state index in [1.165, 1.54) is 0 Å². The van der Waals surface area contributed by atoms with Crippen LogP contribution >= 0.6 is 0 Å². The largest absolute Gasteiger partial charge is 0.491 e. The van der Waals surface area contributed by atoms with E-state index >= 15 is 0 Å². The first-order valence-electron chi connectivity index (χ1n) is 8.65. The van der Waals surface area contributed by atoms with Crippen molar-refractivity contribution in [1.29, 1.82) is 0 Å². The number of aromatic nitrogens is 3. The maximum absolute atomic E-state index is 12.1. The maximum Gasteiger partial charge on any atom is 0.272 e. The number of hydrogen-bond donors (Lipinski definition) is 2. The molecule has 138 valence electrons. The van der Waals surface area contributed by atoms with Crippen LogP contribution < -0.4 is 15.4 Å². The number of pyridine rings is 1. The molecular formula is C20H21N5O2. The van der Waals surface area contributed by atoms with Crippen molar-refractivity contribution in [2.75, 3.05) is 5.32 Å².